The minimum Gasteiger partial charge on any atom is -0.497 e. The Labute approximate surface area is 114 Å². The van der Waals surface area contributed by atoms with E-state index in [4.69, 9.17) is 4.74 Å². The fourth-order valence-electron chi connectivity index (χ4n) is 1.59. The van der Waals surface area contributed by atoms with Gasteiger partial charge in [0.15, 0.2) is 0 Å². The fraction of sp³-hybridized carbons (Fsp3) is 0.462. The second-order valence-electron chi connectivity index (χ2n) is 4.35. The van der Waals surface area contributed by atoms with Crippen LogP contribution in [0.25, 0.3) is 0 Å². The quantitative estimate of drug-likeness (QED) is 0.832. The van der Waals surface area contributed by atoms with Crippen molar-refractivity contribution < 1.29 is 9.53 Å². The summed E-state index contributed by atoms with van der Waals surface area (Å²) < 4.78 is 5.05. The van der Waals surface area contributed by atoms with E-state index in [0.29, 0.717) is 6.54 Å². The number of benzene rings is 1. The van der Waals surface area contributed by atoms with Crippen molar-refractivity contribution in [2.45, 2.75) is 12.8 Å². The third kappa shape index (κ3) is 4.94. The molecule has 1 fully saturated rings. The van der Waals surface area contributed by atoms with E-state index in [9.17, 15) is 4.79 Å². The molecule has 0 heterocycles. The van der Waals surface area contributed by atoms with Crippen molar-refractivity contribution in [2.24, 2.45) is 5.92 Å². The molecule has 18 heavy (non-hydrogen) atoms. The molecule has 100 valence electrons. The molecule has 1 saturated carbocycles. The average molecular weight is 271 g/mol. The molecule has 2 rings (SSSR count). The lowest BCUT2D eigenvalue weighted by atomic mass is 10.3. The maximum Gasteiger partial charge on any atom is 0.238 e. The fourth-order valence-corrected chi connectivity index (χ4v) is 1.59. The molecule has 0 saturated heterocycles. The maximum absolute atomic E-state index is 11.6. The molecule has 1 aliphatic carbocycles. The average Bonchev–Trinajstić information content (AvgIpc) is 3.14. The second-order valence-corrected chi connectivity index (χ2v) is 4.35. The number of amides is 1. The molecule has 1 aliphatic rings. The summed E-state index contributed by atoms with van der Waals surface area (Å²) in [4.78, 5) is 11.6. The van der Waals surface area contributed by atoms with Gasteiger partial charge < -0.3 is 15.4 Å². The molecule has 2 N–H and O–H groups in total. The van der Waals surface area contributed by atoms with Gasteiger partial charge in [-0.2, -0.15) is 0 Å². The van der Waals surface area contributed by atoms with Crippen LogP contribution in [-0.4, -0.2) is 26.1 Å². The maximum atomic E-state index is 11.6. The molecule has 0 bridgehead atoms. The number of ether oxygens (including phenoxy) is 1. The van der Waals surface area contributed by atoms with Crippen LogP contribution >= 0.6 is 12.4 Å². The first-order chi connectivity index (χ1) is 8.28. The first-order valence-corrected chi connectivity index (χ1v) is 5.92. The molecule has 0 atom stereocenters. The zero-order valence-electron chi connectivity index (χ0n) is 10.4. The Morgan fingerprint density at radius 3 is 2.56 bits per heavy atom. The minimum absolute atomic E-state index is 0. The van der Waals surface area contributed by atoms with Crippen LogP contribution < -0.4 is 15.4 Å². The van der Waals surface area contributed by atoms with Crippen molar-refractivity contribution in [3.8, 4) is 5.75 Å². The zero-order valence-corrected chi connectivity index (χ0v) is 11.3. The number of hydrogen-bond acceptors (Lipinski definition) is 3. The lowest BCUT2D eigenvalue weighted by Crippen LogP contribution is -2.29. The Balaban J connectivity index is 0.00000162. The largest absolute Gasteiger partial charge is 0.497 e. The van der Waals surface area contributed by atoms with Crippen LogP contribution in [0.15, 0.2) is 24.3 Å². The van der Waals surface area contributed by atoms with Crippen LogP contribution in [0.4, 0.5) is 5.69 Å². The highest BCUT2D eigenvalue weighted by Crippen LogP contribution is 2.27. The highest BCUT2D eigenvalue weighted by molar-refractivity contribution is 5.92. The third-order valence-corrected chi connectivity index (χ3v) is 2.79. The van der Waals surface area contributed by atoms with Gasteiger partial charge in [0.1, 0.15) is 5.75 Å². The van der Waals surface area contributed by atoms with Crippen LogP contribution in [-0.2, 0) is 4.79 Å². The van der Waals surface area contributed by atoms with E-state index in [2.05, 4.69) is 10.6 Å². The van der Waals surface area contributed by atoms with Crippen LogP contribution in [0.1, 0.15) is 12.8 Å². The number of carbonyl (C=O) groups is 1. The number of methoxy groups -OCH3 is 1. The summed E-state index contributed by atoms with van der Waals surface area (Å²) in [5, 5.41) is 5.98. The van der Waals surface area contributed by atoms with Gasteiger partial charge in [0, 0.05) is 5.69 Å². The Morgan fingerprint density at radius 2 is 2.00 bits per heavy atom. The molecule has 1 aromatic carbocycles. The van der Waals surface area contributed by atoms with Crippen molar-refractivity contribution in [2.75, 3.05) is 25.5 Å². The molecule has 0 spiro atoms. The highest BCUT2D eigenvalue weighted by atomic mass is 35.5. The van der Waals surface area contributed by atoms with Crippen molar-refractivity contribution in [1.82, 2.24) is 5.32 Å². The van der Waals surface area contributed by atoms with Gasteiger partial charge in [-0.3, -0.25) is 4.79 Å². The number of rotatable bonds is 6. The van der Waals surface area contributed by atoms with Crippen molar-refractivity contribution >= 4 is 24.0 Å². The van der Waals surface area contributed by atoms with Crippen LogP contribution in [0.3, 0.4) is 0 Å². The molecule has 0 unspecified atom stereocenters. The van der Waals surface area contributed by atoms with E-state index in [1.54, 1.807) is 7.11 Å². The summed E-state index contributed by atoms with van der Waals surface area (Å²) in [7, 11) is 1.62. The van der Waals surface area contributed by atoms with E-state index in [1.807, 2.05) is 24.3 Å². The van der Waals surface area contributed by atoms with Gasteiger partial charge in [0.25, 0.3) is 0 Å². The molecule has 1 aromatic rings. The molecule has 0 aliphatic heterocycles. The molecular weight excluding hydrogens is 252 g/mol. The summed E-state index contributed by atoms with van der Waals surface area (Å²) in [6.07, 6.45) is 2.60. The summed E-state index contributed by atoms with van der Waals surface area (Å²) in [5.41, 5.74) is 0.795. The van der Waals surface area contributed by atoms with Gasteiger partial charge in [-0.15, -0.1) is 12.4 Å². The summed E-state index contributed by atoms with van der Waals surface area (Å²) in [6.45, 7) is 1.33. The van der Waals surface area contributed by atoms with Gasteiger partial charge >= 0.3 is 0 Å². The lowest BCUT2D eigenvalue weighted by molar-refractivity contribution is -0.115. The summed E-state index contributed by atoms with van der Waals surface area (Å²) >= 11 is 0. The van der Waals surface area contributed by atoms with E-state index >= 15 is 0 Å². The summed E-state index contributed by atoms with van der Waals surface area (Å²) in [5.74, 6) is 1.58. The Morgan fingerprint density at radius 1 is 1.33 bits per heavy atom. The van der Waals surface area contributed by atoms with Crippen molar-refractivity contribution in [3.05, 3.63) is 24.3 Å². The van der Waals surface area contributed by atoms with Crippen LogP contribution in [0.2, 0.25) is 0 Å². The molecule has 0 radical (unpaired) electrons. The van der Waals surface area contributed by atoms with E-state index in [-0.39, 0.29) is 18.3 Å². The molecule has 5 heteroatoms. The number of carbonyl (C=O) groups excluding carboxylic acids is 1. The van der Waals surface area contributed by atoms with Gasteiger partial charge in [0.05, 0.1) is 13.7 Å². The van der Waals surface area contributed by atoms with Gasteiger partial charge in [-0.25, -0.2) is 0 Å². The standard InChI is InChI=1S/C13H18N2O2.ClH/c1-17-12-6-4-11(5-7-12)15-13(16)9-14-8-10-2-3-10;/h4-7,10,14H,2-3,8-9H2,1H3,(H,15,16);1H. The van der Waals surface area contributed by atoms with E-state index in [0.717, 1.165) is 23.9 Å². The van der Waals surface area contributed by atoms with Crippen molar-refractivity contribution in [1.29, 1.82) is 0 Å². The Kier molecular flexibility index (Phi) is 5.95. The smallest absolute Gasteiger partial charge is 0.238 e. The topological polar surface area (TPSA) is 50.4 Å². The number of nitrogens with one attached hydrogen (secondary N) is 2. The first-order valence-electron chi connectivity index (χ1n) is 5.92. The SMILES string of the molecule is COc1ccc(NC(=O)CNCC2CC2)cc1.Cl. The normalized spacial score (nSPS) is 13.6. The summed E-state index contributed by atoms with van der Waals surface area (Å²) in [6, 6.07) is 7.32. The molecule has 0 aromatic heterocycles. The molecular formula is C13H19ClN2O2. The lowest BCUT2D eigenvalue weighted by Gasteiger charge is -2.07. The van der Waals surface area contributed by atoms with Gasteiger partial charge in [-0.05, 0) is 49.6 Å². The van der Waals surface area contributed by atoms with Gasteiger partial charge in [0.2, 0.25) is 5.91 Å². The molecule has 4 nitrogen and oxygen atoms in total. The number of halogens is 1. The molecule has 1 amide bonds. The van der Waals surface area contributed by atoms with Crippen LogP contribution in [0, 0.1) is 5.92 Å². The minimum atomic E-state index is -0.00387. The van der Waals surface area contributed by atoms with Gasteiger partial charge in [-0.1, -0.05) is 0 Å². The Hall–Kier alpha value is -1.26. The van der Waals surface area contributed by atoms with E-state index in [1.165, 1.54) is 12.8 Å². The van der Waals surface area contributed by atoms with Crippen LogP contribution in [0.5, 0.6) is 5.75 Å². The third-order valence-electron chi connectivity index (χ3n) is 2.79. The first kappa shape index (κ1) is 14.8. The zero-order chi connectivity index (χ0) is 12.1. The monoisotopic (exact) mass is 270 g/mol. The number of hydrogen-bond donors (Lipinski definition) is 2. The number of anilines is 1. The Bertz CT molecular complexity index is 377. The second kappa shape index (κ2) is 7.24. The predicted octanol–water partition coefficient (Wildman–Crippen LogP) is 2.06. The predicted molar refractivity (Wildman–Crippen MR) is 74.5 cm³/mol. The van der Waals surface area contributed by atoms with E-state index < -0.39 is 0 Å². The van der Waals surface area contributed by atoms with Crippen molar-refractivity contribution in [3.63, 3.8) is 0 Å². The highest BCUT2D eigenvalue weighted by Gasteiger charge is 2.20.